The summed E-state index contributed by atoms with van der Waals surface area (Å²) >= 11 is 0. The molecule has 1 heterocycles. The first kappa shape index (κ1) is 20.8. The Labute approximate surface area is 125 Å². The second-order valence-corrected chi connectivity index (χ2v) is 7.52. The molecule has 0 amide bonds. The normalized spacial score (nSPS) is 15.6. The molecule has 0 aromatic carbocycles. The van der Waals surface area contributed by atoms with Crippen LogP contribution >= 0.6 is 0 Å². The Balaban J connectivity index is 0.000000472. The topological polar surface area (TPSA) is 131 Å². The van der Waals surface area contributed by atoms with E-state index in [-0.39, 0.29) is 0 Å². The number of rotatable bonds is 4. The van der Waals surface area contributed by atoms with Crippen molar-refractivity contribution in [2.24, 2.45) is 0 Å². The predicted molar refractivity (Wildman–Crippen MR) is 66.8 cm³/mol. The zero-order valence-corrected chi connectivity index (χ0v) is 13.2. The molecule has 0 fully saturated rings. The zero-order valence-electron chi connectivity index (χ0n) is 11.5. The van der Waals surface area contributed by atoms with Crippen molar-refractivity contribution in [1.29, 1.82) is 0 Å². The summed E-state index contributed by atoms with van der Waals surface area (Å²) in [7, 11) is -10.2. The molecule has 0 saturated heterocycles. The van der Waals surface area contributed by atoms with Crippen LogP contribution in [0.2, 0.25) is 0 Å². The molecule has 0 radical (unpaired) electrons. The van der Waals surface area contributed by atoms with E-state index in [9.17, 15) is 26.1 Å². The van der Waals surface area contributed by atoms with Crippen molar-refractivity contribution in [1.82, 2.24) is 4.98 Å². The molecule has 0 saturated carbocycles. The van der Waals surface area contributed by atoms with E-state index >= 15 is 0 Å². The van der Waals surface area contributed by atoms with Gasteiger partial charge in [-0.05, 0) is 6.92 Å². The van der Waals surface area contributed by atoms with Gasteiger partial charge in [0.2, 0.25) is 11.2 Å². The van der Waals surface area contributed by atoms with Crippen molar-refractivity contribution in [3.8, 4) is 0 Å². The quantitative estimate of drug-likeness (QED) is 0.457. The fourth-order valence-corrected chi connectivity index (χ4v) is 2.28. The Hall–Kier alpha value is -1.18. The van der Waals surface area contributed by atoms with Crippen LogP contribution in [0.1, 0.15) is 26.7 Å². The molecule has 0 aliphatic rings. The van der Waals surface area contributed by atoms with Gasteiger partial charge in [-0.1, -0.05) is 13.3 Å². The number of aromatic amines is 1. The maximum atomic E-state index is 11.3. The van der Waals surface area contributed by atoms with Crippen LogP contribution < -0.4 is 4.57 Å². The van der Waals surface area contributed by atoms with Gasteiger partial charge >= 0.3 is 15.6 Å². The lowest BCUT2D eigenvalue weighted by Crippen LogP contribution is -2.57. The molecule has 22 heavy (non-hydrogen) atoms. The Morgan fingerprint density at radius 2 is 1.73 bits per heavy atom. The molecule has 1 aromatic rings. The molecule has 1 unspecified atom stereocenters. The summed E-state index contributed by atoms with van der Waals surface area (Å²) in [6.45, 7) is 3.37. The summed E-state index contributed by atoms with van der Waals surface area (Å²) < 4.78 is 92.1. The molecular formula is C9H15F3N2O6S2. The molecule has 1 rings (SSSR count). The van der Waals surface area contributed by atoms with Crippen LogP contribution in [0, 0.1) is 0 Å². The third-order valence-corrected chi connectivity index (χ3v) is 4.74. The molecule has 13 heteroatoms. The number of imidazole rings is 1. The Morgan fingerprint density at radius 3 is 1.95 bits per heavy atom. The summed E-state index contributed by atoms with van der Waals surface area (Å²) in [6.07, 6.45) is 5.76. The molecule has 0 aliphatic heterocycles. The number of aromatic nitrogens is 2. The minimum atomic E-state index is -6.09. The van der Waals surface area contributed by atoms with Gasteiger partial charge in [-0.3, -0.25) is 9.54 Å². The molecule has 1 aromatic heterocycles. The van der Waals surface area contributed by atoms with Gasteiger partial charge in [0.15, 0.2) is 10.1 Å². The smallest absolute Gasteiger partial charge is 0.485 e. The molecule has 2 N–H and O–H groups in total. The van der Waals surface area contributed by atoms with E-state index in [1.807, 2.05) is 6.92 Å². The summed E-state index contributed by atoms with van der Waals surface area (Å²) in [5.74, 6) is 0. The van der Waals surface area contributed by atoms with Gasteiger partial charge in [-0.2, -0.15) is 21.6 Å². The van der Waals surface area contributed by atoms with E-state index in [1.54, 1.807) is 12.4 Å². The van der Waals surface area contributed by atoms with Crippen molar-refractivity contribution in [2.45, 2.75) is 37.1 Å². The Morgan fingerprint density at radius 1 is 1.27 bits per heavy atom. The second-order valence-electron chi connectivity index (χ2n) is 4.32. The highest BCUT2D eigenvalue weighted by atomic mass is 32.2. The van der Waals surface area contributed by atoms with Crippen LogP contribution in [-0.4, -0.2) is 36.4 Å². The fraction of sp³-hybridized carbons (Fsp3) is 0.667. The molecule has 0 aliphatic carbocycles. The highest BCUT2D eigenvalue weighted by Crippen LogP contribution is 2.21. The van der Waals surface area contributed by atoms with Crippen LogP contribution in [0.3, 0.4) is 0 Å². The van der Waals surface area contributed by atoms with Gasteiger partial charge in [0, 0.05) is 6.42 Å². The zero-order chi connectivity index (χ0) is 17.8. The monoisotopic (exact) mass is 368 g/mol. The Kier molecular flexibility index (Phi) is 6.56. The third-order valence-electron chi connectivity index (χ3n) is 2.64. The number of nitrogens with zero attached hydrogens (tertiary/aromatic N) is 1. The largest absolute Gasteiger partial charge is 0.741 e. The predicted octanol–water partition coefficient (Wildman–Crippen LogP) is 0.714. The fourth-order valence-electron chi connectivity index (χ4n) is 1.44. The van der Waals surface area contributed by atoms with Crippen LogP contribution in [-0.2, 0) is 25.1 Å². The molecule has 130 valence electrons. The lowest BCUT2D eigenvalue weighted by Gasteiger charge is -2.21. The first-order valence-electron chi connectivity index (χ1n) is 5.70. The highest BCUT2D eigenvalue weighted by Gasteiger charge is 2.43. The van der Waals surface area contributed by atoms with E-state index in [2.05, 4.69) is 4.98 Å². The van der Waals surface area contributed by atoms with E-state index < -0.39 is 30.6 Å². The number of halogens is 3. The first-order valence-corrected chi connectivity index (χ1v) is 8.55. The lowest BCUT2D eigenvalue weighted by atomic mass is 10.2. The maximum Gasteiger partial charge on any atom is 0.485 e. The van der Waals surface area contributed by atoms with Gasteiger partial charge in [0.25, 0.3) is 0 Å². The van der Waals surface area contributed by atoms with Gasteiger partial charge < -0.3 is 4.55 Å². The van der Waals surface area contributed by atoms with E-state index in [0.717, 1.165) is 0 Å². The van der Waals surface area contributed by atoms with Crippen molar-refractivity contribution < 1.29 is 43.7 Å². The minimum absolute atomic E-state index is 0.369. The van der Waals surface area contributed by atoms with Crippen LogP contribution in [0.25, 0.3) is 0 Å². The maximum absolute atomic E-state index is 11.3. The van der Waals surface area contributed by atoms with Gasteiger partial charge in [0.1, 0.15) is 12.4 Å². The first-order chi connectivity index (χ1) is 9.67. The number of H-pyrrole nitrogens is 1. The van der Waals surface area contributed by atoms with Gasteiger partial charge in [0.05, 0.1) is 0 Å². The van der Waals surface area contributed by atoms with Crippen LogP contribution in [0.15, 0.2) is 18.7 Å². The van der Waals surface area contributed by atoms with Crippen LogP contribution in [0.5, 0.6) is 0 Å². The highest BCUT2D eigenvalue weighted by molar-refractivity contribution is 7.86. The average molecular weight is 368 g/mol. The summed E-state index contributed by atoms with van der Waals surface area (Å²) in [5, 5.41) is 0. The van der Waals surface area contributed by atoms with Crippen molar-refractivity contribution in [3.05, 3.63) is 18.7 Å². The summed E-state index contributed by atoms with van der Waals surface area (Å²) in [4.78, 5) is 1.48. The number of hydrogen-bond acceptors (Lipinski definition) is 5. The van der Waals surface area contributed by atoms with Gasteiger partial charge in [-0.25, -0.2) is 13.0 Å². The van der Waals surface area contributed by atoms with Crippen LogP contribution in [0.4, 0.5) is 13.2 Å². The molecule has 0 spiro atoms. The van der Waals surface area contributed by atoms with E-state index in [4.69, 9.17) is 13.0 Å². The summed E-state index contributed by atoms with van der Waals surface area (Å²) in [6, 6.07) is 0. The molecular weight excluding hydrogens is 353 g/mol. The number of alkyl halides is 3. The third kappa shape index (κ3) is 5.23. The number of nitrogens with one attached hydrogen (secondary N) is 1. The Bertz CT molecular complexity index is 669. The standard InChI is InChI=1S/C8H14N2O3S.CHF3O3S/c1-3-4-8(2,14(11,12)13)10-6-5-9-7-10;2-1(3,4)8(5,6)7/h5-7H,3-4H2,1-2H3,(H,11,12,13);(H,5,6,7). The van der Waals surface area contributed by atoms with Crippen molar-refractivity contribution in [2.75, 3.05) is 0 Å². The molecule has 1 atom stereocenters. The summed E-state index contributed by atoms with van der Waals surface area (Å²) in [5.41, 5.74) is -5.65. The van der Waals surface area contributed by atoms with E-state index in [1.165, 1.54) is 17.8 Å². The second kappa shape index (κ2) is 6.93. The van der Waals surface area contributed by atoms with E-state index in [0.29, 0.717) is 12.8 Å². The lowest BCUT2D eigenvalue weighted by molar-refractivity contribution is -0.737. The molecule has 8 nitrogen and oxygen atoms in total. The van der Waals surface area contributed by atoms with Gasteiger partial charge in [-0.15, -0.1) is 0 Å². The average Bonchev–Trinajstić information content (AvgIpc) is 2.79. The van der Waals surface area contributed by atoms with Crippen molar-refractivity contribution >= 4 is 20.2 Å². The minimum Gasteiger partial charge on any atom is -0.741 e. The van der Waals surface area contributed by atoms with Crippen molar-refractivity contribution in [3.63, 3.8) is 0 Å². The number of hydrogen-bond donors (Lipinski definition) is 2. The molecule has 0 bridgehead atoms. The SMILES string of the molecule is CCCC(C)([n+]1cc[nH]c1)S(=O)(=O)O.O=S(=O)([O-])C(F)(F)F.